The number of rotatable bonds is 7. The van der Waals surface area contributed by atoms with Crippen LogP contribution in [0.4, 0.5) is 0 Å². The molecule has 1 aliphatic heterocycles. The predicted octanol–water partition coefficient (Wildman–Crippen LogP) is 1.97. The Hall–Kier alpha value is -2.08. The maximum absolute atomic E-state index is 12.4. The summed E-state index contributed by atoms with van der Waals surface area (Å²) >= 11 is 0. The highest BCUT2D eigenvalue weighted by Crippen LogP contribution is 2.31. The molecule has 1 N–H and O–H groups in total. The third-order valence-electron chi connectivity index (χ3n) is 4.50. The van der Waals surface area contributed by atoms with Gasteiger partial charge in [0, 0.05) is 20.2 Å². The molecule has 0 aliphatic carbocycles. The quantitative estimate of drug-likeness (QED) is 0.824. The van der Waals surface area contributed by atoms with Crippen molar-refractivity contribution in [1.29, 1.82) is 0 Å². The molecule has 6 heteroatoms. The molecule has 0 bridgehead atoms. The van der Waals surface area contributed by atoms with Crippen LogP contribution in [-0.4, -0.2) is 55.3 Å². The van der Waals surface area contributed by atoms with Gasteiger partial charge < -0.3 is 19.5 Å². The van der Waals surface area contributed by atoms with Crippen LogP contribution in [0.1, 0.15) is 25.3 Å². The molecule has 2 rings (SSSR count). The van der Waals surface area contributed by atoms with E-state index in [0.717, 1.165) is 6.42 Å². The number of carbonyl (C=O) groups excluding carboxylic acids is 1. The maximum atomic E-state index is 12.4. The number of carbonyl (C=O) groups is 2. The first-order valence-electron chi connectivity index (χ1n) is 8.22. The van der Waals surface area contributed by atoms with Crippen molar-refractivity contribution in [3.63, 3.8) is 0 Å². The monoisotopic (exact) mass is 335 g/mol. The van der Waals surface area contributed by atoms with Gasteiger partial charge in [-0.05, 0) is 37.0 Å². The molecule has 6 nitrogen and oxygen atoms in total. The average molecular weight is 335 g/mol. The molecule has 1 fully saturated rings. The number of piperidine rings is 1. The number of hydrogen-bond donors (Lipinski definition) is 1. The Morgan fingerprint density at radius 2 is 2.00 bits per heavy atom. The lowest BCUT2D eigenvalue weighted by Crippen LogP contribution is -2.53. The fourth-order valence-electron chi connectivity index (χ4n) is 3.03. The zero-order chi connectivity index (χ0) is 17.6. The molecule has 132 valence electrons. The van der Waals surface area contributed by atoms with E-state index in [-0.39, 0.29) is 25.7 Å². The Bertz CT molecular complexity index is 567. The van der Waals surface area contributed by atoms with E-state index in [0.29, 0.717) is 25.1 Å². The van der Waals surface area contributed by atoms with Crippen molar-refractivity contribution in [1.82, 2.24) is 4.90 Å². The van der Waals surface area contributed by atoms with Gasteiger partial charge in [-0.3, -0.25) is 9.59 Å². The van der Waals surface area contributed by atoms with Crippen LogP contribution in [0, 0.1) is 5.41 Å². The number of nitrogens with zero attached hydrogens (tertiary/aromatic N) is 1. The van der Waals surface area contributed by atoms with Gasteiger partial charge in [0.15, 0.2) is 6.61 Å². The van der Waals surface area contributed by atoms with Crippen molar-refractivity contribution in [3.8, 4) is 5.75 Å². The predicted molar refractivity (Wildman–Crippen MR) is 89.1 cm³/mol. The van der Waals surface area contributed by atoms with Gasteiger partial charge in [-0.1, -0.05) is 19.1 Å². The van der Waals surface area contributed by atoms with Crippen LogP contribution in [0.3, 0.4) is 0 Å². The third-order valence-corrected chi connectivity index (χ3v) is 4.50. The average Bonchev–Trinajstić information content (AvgIpc) is 2.60. The maximum Gasteiger partial charge on any atom is 0.313 e. The first-order chi connectivity index (χ1) is 11.5. The van der Waals surface area contributed by atoms with E-state index in [2.05, 4.69) is 6.92 Å². The number of amides is 1. The molecular formula is C18H25NO5. The van der Waals surface area contributed by atoms with Crippen molar-refractivity contribution >= 4 is 11.9 Å². The first kappa shape index (κ1) is 18.3. The third kappa shape index (κ3) is 4.26. The zero-order valence-corrected chi connectivity index (χ0v) is 14.3. The van der Waals surface area contributed by atoms with Crippen LogP contribution in [0.25, 0.3) is 0 Å². The number of carboxylic acids is 1. The number of benzene rings is 1. The second-order valence-electron chi connectivity index (χ2n) is 6.22. The zero-order valence-electron chi connectivity index (χ0n) is 14.3. The summed E-state index contributed by atoms with van der Waals surface area (Å²) in [6, 6.07) is 7.62. The van der Waals surface area contributed by atoms with Crippen molar-refractivity contribution in [2.24, 2.45) is 5.41 Å². The van der Waals surface area contributed by atoms with Gasteiger partial charge in [0.05, 0.1) is 6.61 Å². The number of likely N-dealkylation sites (tertiary alicyclic amines) is 1. The molecule has 1 aromatic rings. The highest BCUT2D eigenvalue weighted by atomic mass is 16.5. The summed E-state index contributed by atoms with van der Waals surface area (Å²) < 4.78 is 10.6. The number of hydrogen-bond acceptors (Lipinski definition) is 4. The highest BCUT2D eigenvalue weighted by Gasteiger charge is 2.43. The van der Waals surface area contributed by atoms with Crippen LogP contribution in [0.15, 0.2) is 24.3 Å². The fraction of sp³-hybridized carbons (Fsp3) is 0.556. The lowest BCUT2D eigenvalue weighted by atomic mass is 9.80. The van der Waals surface area contributed by atoms with Crippen LogP contribution < -0.4 is 4.74 Å². The first-order valence-corrected chi connectivity index (χ1v) is 8.22. The van der Waals surface area contributed by atoms with Crippen molar-refractivity contribution in [3.05, 3.63) is 29.8 Å². The summed E-state index contributed by atoms with van der Waals surface area (Å²) in [5.41, 5.74) is 0.182. The van der Waals surface area contributed by atoms with Crippen LogP contribution >= 0.6 is 0 Å². The lowest BCUT2D eigenvalue weighted by molar-refractivity contribution is -0.159. The van der Waals surface area contributed by atoms with Gasteiger partial charge in [0.2, 0.25) is 0 Å². The molecule has 0 spiro atoms. The number of methoxy groups -OCH3 is 1. The van der Waals surface area contributed by atoms with E-state index >= 15 is 0 Å². The van der Waals surface area contributed by atoms with Gasteiger partial charge in [-0.25, -0.2) is 0 Å². The van der Waals surface area contributed by atoms with Gasteiger partial charge in [-0.2, -0.15) is 0 Å². The molecule has 0 aromatic heterocycles. The van der Waals surface area contributed by atoms with E-state index in [9.17, 15) is 14.7 Å². The minimum Gasteiger partial charge on any atom is -0.484 e. The summed E-state index contributed by atoms with van der Waals surface area (Å²) in [4.78, 5) is 25.6. The van der Waals surface area contributed by atoms with Gasteiger partial charge in [-0.15, -0.1) is 0 Å². The normalized spacial score (nSPS) is 20.7. The van der Waals surface area contributed by atoms with E-state index < -0.39 is 11.4 Å². The Morgan fingerprint density at radius 1 is 1.29 bits per heavy atom. The smallest absolute Gasteiger partial charge is 0.313 e. The molecule has 1 atom stereocenters. The minimum atomic E-state index is -1.02. The summed E-state index contributed by atoms with van der Waals surface area (Å²) in [6.07, 6.45) is 2.11. The fourth-order valence-corrected chi connectivity index (χ4v) is 3.03. The molecule has 1 unspecified atom stereocenters. The molecule has 1 heterocycles. The van der Waals surface area contributed by atoms with E-state index in [1.165, 1.54) is 12.7 Å². The molecular weight excluding hydrogens is 310 g/mol. The molecule has 24 heavy (non-hydrogen) atoms. The van der Waals surface area contributed by atoms with E-state index in [1.54, 1.807) is 4.90 Å². The molecule has 1 aliphatic rings. The van der Waals surface area contributed by atoms with Crippen LogP contribution in [0.2, 0.25) is 0 Å². The summed E-state index contributed by atoms with van der Waals surface area (Å²) in [5, 5.41) is 9.53. The summed E-state index contributed by atoms with van der Waals surface area (Å²) in [6.45, 7) is 2.80. The van der Waals surface area contributed by atoms with Crippen molar-refractivity contribution in [2.45, 2.75) is 26.2 Å². The SMILES string of the molecule is CCc1ccc(OCC(=O)N2CCCC(COC)(C(=O)O)C2)cc1. The summed E-state index contributed by atoms with van der Waals surface area (Å²) in [7, 11) is 1.48. The molecule has 0 radical (unpaired) electrons. The molecule has 1 amide bonds. The number of ether oxygens (including phenoxy) is 2. The van der Waals surface area contributed by atoms with Gasteiger partial charge >= 0.3 is 5.97 Å². The van der Waals surface area contributed by atoms with Gasteiger partial charge in [0.25, 0.3) is 5.91 Å². The summed E-state index contributed by atoms with van der Waals surface area (Å²) in [5.74, 6) is -0.479. The second kappa shape index (κ2) is 8.15. The Balaban J connectivity index is 1.94. The molecule has 1 saturated heterocycles. The Kier molecular flexibility index (Phi) is 6.20. The van der Waals surface area contributed by atoms with Gasteiger partial charge in [0.1, 0.15) is 11.2 Å². The van der Waals surface area contributed by atoms with Crippen molar-refractivity contribution < 1.29 is 24.2 Å². The van der Waals surface area contributed by atoms with Crippen molar-refractivity contribution in [2.75, 3.05) is 33.4 Å². The number of carboxylic acid groups (broad SMARTS) is 1. The number of aliphatic carboxylic acids is 1. The number of aryl methyl sites for hydroxylation is 1. The largest absolute Gasteiger partial charge is 0.484 e. The topological polar surface area (TPSA) is 76.1 Å². The molecule has 0 saturated carbocycles. The van der Waals surface area contributed by atoms with E-state index in [1.807, 2.05) is 24.3 Å². The van der Waals surface area contributed by atoms with Crippen LogP contribution in [-0.2, 0) is 20.7 Å². The standard InChI is InChI=1S/C18H25NO5/c1-3-14-5-7-15(8-6-14)24-11-16(20)19-10-4-9-18(12-19,13-23-2)17(21)22/h5-8H,3-4,9-13H2,1-2H3,(H,21,22). The Morgan fingerprint density at radius 3 is 2.58 bits per heavy atom. The second-order valence-corrected chi connectivity index (χ2v) is 6.22. The Labute approximate surface area is 142 Å². The minimum absolute atomic E-state index is 0.0891. The highest BCUT2D eigenvalue weighted by molar-refractivity contribution is 5.80. The molecule has 1 aromatic carbocycles. The lowest BCUT2D eigenvalue weighted by Gasteiger charge is -2.39. The van der Waals surface area contributed by atoms with Crippen LogP contribution in [0.5, 0.6) is 5.75 Å². The van der Waals surface area contributed by atoms with E-state index in [4.69, 9.17) is 9.47 Å².